The predicted molar refractivity (Wildman–Crippen MR) is 72.4 cm³/mol. The van der Waals surface area contributed by atoms with Gasteiger partial charge in [0.25, 0.3) is 10.0 Å². The van der Waals surface area contributed by atoms with Crippen LogP contribution in [0.4, 0.5) is 5.69 Å². The Bertz CT molecular complexity index is 684. The third-order valence-electron chi connectivity index (χ3n) is 2.65. The second kappa shape index (κ2) is 5.75. The molecule has 0 amide bonds. The summed E-state index contributed by atoms with van der Waals surface area (Å²) < 4.78 is 25.8. The van der Waals surface area contributed by atoms with E-state index in [1.54, 1.807) is 36.4 Å². The largest absolute Gasteiger partial charge is 0.548 e. The van der Waals surface area contributed by atoms with E-state index >= 15 is 0 Å². The quantitative estimate of drug-likeness (QED) is 0.809. The summed E-state index contributed by atoms with van der Waals surface area (Å²) in [5, 5.41) is 10.8. The summed E-state index contributed by atoms with van der Waals surface area (Å²) >= 11 is 0. The number of aliphatic carboxylic acids is 1. The minimum Gasteiger partial charge on any atom is -0.548 e. The van der Waals surface area contributed by atoms with Gasteiger partial charge in [0.1, 0.15) is 0 Å². The van der Waals surface area contributed by atoms with Gasteiger partial charge in [0, 0.05) is 0 Å². The van der Waals surface area contributed by atoms with Gasteiger partial charge in [-0.3, -0.25) is 4.31 Å². The zero-order valence-corrected chi connectivity index (χ0v) is 11.3. The number of rotatable bonds is 5. The minimum absolute atomic E-state index is 0.0325. The Kier molecular flexibility index (Phi) is 4.05. The summed E-state index contributed by atoms with van der Waals surface area (Å²) in [4.78, 5) is 10.9. The van der Waals surface area contributed by atoms with Crippen LogP contribution in [-0.2, 0) is 14.8 Å². The van der Waals surface area contributed by atoms with E-state index in [2.05, 4.69) is 0 Å². The second-order valence-corrected chi connectivity index (χ2v) is 5.89. The molecule has 0 aliphatic carbocycles. The predicted octanol–water partition coefficient (Wildman–Crippen LogP) is 0.632. The van der Waals surface area contributed by atoms with E-state index in [1.165, 1.54) is 24.3 Å². The molecule has 20 heavy (non-hydrogen) atoms. The molecule has 5 nitrogen and oxygen atoms in total. The molecule has 0 atom stereocenters. The molecule has 0 aliphatic heterocycles. The SMILES string of the molecule is O=C([O-])CN(c1ccccc1)S(=O)(=O)c1ccccc1. The summed E-state index contributed by atoms with van der Waals surface area (Å²) in [6, 6.07) is 15.7. The smallest absolute Gasteiger partial charge is 0.264 e. The minimum atomic E-state index is -3.94. The monoisotopic (exact) mass is 290 g/mol. The Morgan fingerprint density at radius 2 is 1.45 bits per heavy atom. The number of hydrogen-bond acceptors (Lipinski definition) is 4. The fraction of sp³-hybridized carbons (Fsp3) is 0.0714. The molecule has 2 rings (SSSR count). The number of carboxylic acid groups (broad SMARTS) is 1. The maximum Gasteiger partial charge on any atom is 0.264 e. The topological polar surface area (TPSA) is 77.5 Å². The number of sulfonamides is 1. The lowest BCUT2D eigenvalue weighted by molar-refractivity contribution is -0.303. The molecule has 0 bridgehead atoms. The molecule has 0 N–H and O–H groups in total. The molecule has 0 aromatic heterocycles. The summed E-state index contributed by atoms with van der Waals surface area (Å²) in [6.45, 7) is -0.735. The Morgan fingerprint density at radius 1 is 0.950 bits per heavy atom. The van der Waals surface area contributed by atoms with E-state index in [9.17, 15) is 18.3 Å². The average Bonchev–Trinajstić information content (AvgIpc) is 2.46. The van der Waals surface area contributed by atoms with Crippen molar-refractivity contribution in [2.24, 2.45) is 0 Å². The van der Waals surface area contributed by atoms with Crippen LogP contribution in [0.25, 0.3) is 0 Å². The number of carbonyl (C=O) groups excluding carboxylic acids is 1. The van der Waals surface area contributed by atoms with Crippen LogP contribution in [-0.4, -0.2) is 20.9 Å². The molecule has 0 spiro atoms. The van der Waals surface area contributed by atoms with Crippen molar-refractivity contribution < 1.29 is 18.3 Å². The first-order chi connectivity index (χ1) is 9.51. The van der Waals surface area contributed by atoms with Gasteiger partial charge in [0.15, 0.2) is 0 Å². The first kappa shape index (κ1) is 14.1. The molecule has 0 unspecified atom stereocenters. The van der Waals surface area contributed by atoms with Crippen LogP contribution in [0, 0.1) is 0 Å². The number of carbonyl (C=O) groups is 1. The van der Waals surface area contributed by atoms with Gasteiger partial charge in [0.2, 0.25) is 0 Å². The number of para-hydroxylation sites is 1. The van der Waals surface area contributed by atoms with Crippen LogP contribution >= 0.6 is 0 Å². The van der Waals surface area contributed by atoms with E-state index in [0.717, 1.165) is 4.31 Å². The molecule has 0 radical (unpaired) electrons. The van der Waals surface area contributed by atoms with Crippen LogP contribution in [0.3, 0.4) is 0 Å². The maximum absolute atomic E-state index is 12.5. The highest BCUT2D eigenvalue weighted by molar-refractivity contribution is 7.92. The van der Waals surface area contributed by atoms with Crippen LogP contribution in [0.2, 0.25) is 0 Å². The summed E-state index contributed by atoms with van der Waals surface area (Å²) in [7, 11) is -3.94. The van der Waals surface area contributed by atoms with Gasteiger partial charge in [0.05, 0.1) is 23.1 Å². The zero-order chi connectivity index (χ0) is 14.6. The first-order valence-electron chi connectivity index (χ1n) is 5.84. The number of hydrogen-bond donors (Lipinski definition) is 0. The van der Waals surface area contributed by atoms with Crippen LogP contribution < -0.4 is 9.41 Å². The molecular formula is C14H12NO4S-. The maximum atomic E-state index is 12.5. The average molecular weight is 290 g/mol. The Labute approximate surface area is 117 Å². The van der Waals surface area contributed by atoms with Crippen molar-refractivity contribution in [2.45, 2.75) is 4.90 Å². The molecule has 104 valence electrons. The summed E-state index contributed by atoms with van der Waals surface area (Å²) in [5.74, 6) is -1.46. The van der Waals surface area contributed by atoms with Gasteiger partial charge in [-0.2, -0.15) is 0 Å². The van der Waals surface area contributed by atoms with Gasteiger partial charge in [-0.1, -0.05) is 36.4 Å². The van der Waals surface area contributed by atoms with Crippen LogP contribution in [0.1, 0.15) is 0 Å². The lowest BCUT2D eigenvalue weighted by atomic mass is 10.3. The van der Waals surface area contributed by atoms with Crippen LogP contribution in [0.15, 0.2) is 65.6 Å². The Morgan fingerprint density at radius 3 is 1.95 bits per heavy atom. The van der Waals surface area contributed by atoms with Crippen molar-refractivity contribution >= 4 is 21.7 Å². The molecule has 6 heteroatoms. The van der Waals surface area contributed by atoms with Crippen molar-refractivity contribution in [1.82, 2.24) is 0 Å². The fourth-order valence-electron chi connectivity index (χ4n) is 1.75. The van der Waals surface area contributed by atoms with E-state index in [0.29, 0.717) is 0 Å². The van der Waals surface area contributed by atoms with Gasteiger partial charge in [-0.05, 0) is 24.3 Å². The number of nitrogens with zero attached hydrogens (tertiary/aromatic N) is 1. The molecule has 0 saturated heterocycles. The molecule has 0 fully saturated rings. The Hall–Kier alpha value is -2.34. The highest BCUT2D eigenvalue weighted by Gasteiger charge is 2.24. The lowest BCUT2D eigenvalue weighted by Gasteiger charge is -2.24. The lowest BCUT2D eigenvalue weighted by Crippen LogP contribution is -2.41. The van der Waals surface area contributed by atoms with E-state index in [4.69, 9.17) is 0 Å². The first-order valence-corrected chi connectivity index (χ1v) is 7.28. The van der Waals surface area contributed by atoms with E-state index < -0.39 is 22.5 Å². The van der Waals surface area contributed by atoms with Gasteiger partial charge in [-0.15, -0.1) is 0 Å². The van der Waals surface area contributed by atoms with Crippen LogP contribution in [0.5, 0.6) is 0 Å². The Balaban J connectivity index is 2.49. The van der Waals surface area contributed by atoms with E-state index in [1.807, 2.05) is 0 Å². The number of anilines is 1. The van der Waals surface area contributed by atoms with Crippen molar-refractivity contribution in [3.8, 4) is 0 Å². The molecule has 2 aromatic rings. The van der Waals surface area contributed by atoms with Crippen molar-refractivity contribution in [3.63, 3.8) is 0 Å². The molecule has 0 saturated carbocycles. The summed E-state index contributed by atoms with van der Waals surface area (Å²) in [6.07, 6.45) is 0. The number of carboxylic acids is 1. The summed E-state index contributed by atoms with van der Waals surface area (Å²) in [5.41, 5.74) is 0.278. The zero-order valence-electron chi connectivity index (χ0n) is 10.5. The second-order valence-electron chi connectivity index (χ2n) is 4.03. The highest BCUT2D eigenvalue weighted by Crippen LogP contribution is 2.22. The number of benzene rings is 2. The molecule has 0 heterocycles. The van der Waals surface area contributed by atoms with E-state index in [-0.39, 0.29) is 10.6 Å². The highest BCUT2D eigenvalue weighted by atomic mass is 32.2. The molecule has 2 aromatic carbocycles. The van der Waals surface area contributed by atoms with Crippen molar-refractivity contribution in [1.29, 1.82) is 0 Å². The third kappa shape index (κ3) is 2.97. The van der Waals surface area contributed by atoms with Gasteiger partial charge >= 0.3 is 0 Å². The molecule has 0 aliphatic rings. The van der Waals surface area contributed by atoms with Gasteiger partial charge in [-0.25, -0.2) is 8.42 Å². The van der Waals surface area contributed by atoms with Crippen molar-refractivity contribution in [3.05, 3.63) is 60.7 Å². The fourth-order valence-corrected chi connectivity index (χ4v) is 3.18. The third-order valence-corrected chi connectivity index (χ3v) is 4.44. The standard InChI is InChI=1S/C14H13NO4S/c16-14(17)11-15(12-7-3-1-4-8-12)20(18,19)13-9-5-2-6-10-13/h1-10H,11H2,(H,16,17)/p-1. The van der Waals surface area contributed by atoms with Crippen molar-refractivity contribution in [2.75, 3.05) is 10.8 Å². The molecular weight excluding hydrogens is 278 g/mol. The van der Waals surface area contributed by atoms with Gasteiger partial charge < -0.3 is 9.90 Å². The normalized spacial score (nSPS) is 11.0.